The third-order valence-electron chi connectivity index (χ3n) is 0. The maximum atomic E-state index is 5.67. The van der Waals surface area contributed by atoms with E-state index in [0.717, 1.165) is 0 Å². The van der Waals surface area contributed by atoms with Crippen LogP contribution in [0.1, 0.15) is 0 Å². The average Bonchev–Trinajstić information content (AvgIpc) is 0.722. The molecule has 34 valence electrons. The van der Waals surface area contributed by atoms with Crippen LogP contribution in [0.2, 0.25) is 19.6 Å². The summed E-state index contributed by atoms with van der Waals surface area (Å²) >= 11 is 5.67. The Bertz CT molecular complexity index is 26.3. The zero-order valence-electron chi connectivity index (χ0n) is 3.88. The summed E-state index contributed by atoms with van der Waals surface area (Å²) in [5, 5.41) is 0. The SMILES string of the molecule is C[Si](C)(C)Cl.[NaH]. The van der Waals surface area contributed by atoms with Crippen LogP contribution in [0.25, 0.3) is 0 Å². The van der Waals surface area contributed by atoms with E-state index in [1.165, 1.54) is 0 Å². The van der Waals surface area contributed by atoms with Crippen molar-refractivity contribution >= 4 is 48.0 Å². The molecule has 0 spiro atoms. The van der Waals surface area contributed by atoms with Crippen molar-refractivity contribution in [3.05, 3.63) is 0 Å². The summed E-state index contributed by atoms with van der Waals surface area (Å²) in [5.74, 6) is 0. The fraction of sp³-hybridized carbons (Fsp3) is 1.00. The topological polar surface area (TPSA) is 0 Å². The molecule has 0 aliphatic carbocycles. The van der Waals surface area contributed by atoms with Gasteiger partial charge < -0.3 is 0 Å². The molecule has 0 rings (SSSR count). The van der Waals surface area contributed by atoms with Crippen molar-refractivity contribution in [2.24, 2.45) is 0 Å². The van der Waals surface area contributed by atoms with Crippen molar-refractivity contribution in [2.75, 3.05) is 0 Å². The van der Waals surface area contributed by atoms with Crippen molar-refractivity contribution in [2.45, 2.75) is 19.6 Å². The molecule has 0 aliphatic rings. The monoisotopic (exact) mass is 132 g/mol. The van der Waals surface area contributed by atoms with Crippen molar-refractivity contribution < 1.29 is 0 Å². The van der Waals surface area contributed by atoms with E-state index in [1.54, 1.807) is 0 Å². The van der Waals surface area contributed by atoms with Crippen LogP contribution in [0, 0.1) is 0 Å². The van der Waals surface area contributed by atoms with Gasteiger partial charge in [-0.05, 0) is 0 Å². The molecule has 3 heteroatoms. The van der Waals surface area contributed by atoms with Crippen LogP contribution < -0.4 is 0 Å². The predicted octanol–water partition coefficient (Wildman–Crippen LogP) is 1.41. The Hall–Kier alpha value is 1.51. The first-order chi connectivity index (χ1) is 2.00. The number of hydrogen-bond donors (Lipinski definition) is 0. The Kier molecular flexibility index (Phi) is 6.12. The van der Waals surface area contributed by atoms with Crippen LogP contribution in [-0.4, -0.2) is 36.9 Å². The second kappa shape index (κ2) is 3.50. The number of hydrogen-bond acceptors (Lipinski definition) is 0. The summed E-state index contributed by atoms with van der Waals surface area (Å²) in [6.45, 7) is 6.28. The molecule has 0 amide bonds. The summed E-state index contributed by atoms with van der Waals surface area (Å²) in [4.78, 5) is 0. The molecule has 6 heavy (non-hydrogen) atoms. The maximum absolute atomic E-state index is 5.67. The fourth-order valence-corrected chi connectivity index (χ4v) is 0. The zero-order valence-corrected chi connectivity index (χ0v) is 5.63. The third-order valence-corrected chi connectivity index (χ3v) is 0. The molecule has 0 atom stereocenters. The van der Waals surface area contributed by atoms with Crippen LogP contribution in [0.5, 0.6) is 0 Å². The first-order valence-electron chi connectivity index (χ1n) is 1.69. The molecule has 0 aliphatic heterocycles. The van der Waals surface area contributed by atoms with E-state index in [0.29, 0.717) is 0 Å². The van der Waals surface area contributed by atoms with E-state index in [9.17, 15) is 0 Å². The van der Waals surface area contributed by atoms with E-state index >= 15 is 0 Å². The Morgan fingerprint density at radius 3 is 1.17 bits per heavy atom. The molecule has 0 aromatic carbocycles. The van der Waals surface area contributed by atoms with E-state index in [2.05, 4.69) is 19.6 Å². The summed E-state index contributed by atoms with van der Waals surface area (Å²) in [7, 11) is -1.14. The molecule has 0 unspecified atom stereocenters. The Labute approximate surface area is 67.3 Å². The first kappa shape index (κ1) is 10.5. The van der Waals surface area contributed by atoms with Crippen LogP contribution in [-0.2, 0) is 0 Å². The van der Waals surface area contributed by atoms with Gasteiger partial charge >= 0.3 is 29.6 Å². The minimum absolute atomic E-state index is 0. The van der Waals surface area contributed by atoms with Gasteiger partial charge in [0.15, 0.2) is 0 Å². The normalized spacial score (nSPS) is 10.0. The summed E-state index contributed by atoms with van der Waals surface area (Å²) in [5.41, 5.74) is 0. The molecule has 0 bridgehead atoms. The summed E-state index contributed by atoms with van der Waals surface area (Å²) in [6, 6.07) is 0. The van der Waals surface area contributed by atoms with Gasteiger partial charge in [-0.25, -0.2) is 0 Å². The van der Waals surface area contributed by atoms with Gasteiger partial charge in [-0.15, -0.1) is 0 Å². The number of rotatable bonds is 0. The molecule has 0 saturated heterocycles. The second-order valence-electron chi connectivity index (χ2n) is 2.07. The quantitative estimate of drug-likeness (QED) is 0.346. The van der Waals surface area contributed by atoms with Gasteiger partial charge in [-0.1, -0.05) is 19.6 Å². The fourth-order valence-electron chi connectivity index (χ4n) is 0. The van der Waals surface area contributed by atoms with Crippen molar-refractivity contribution in [3.8, 4) is 0 Å². The van der Waals surface area contributed by atoms with Crippen molar-refractivity contribution in [1.82, 2.24) is 0 Å². The zero-order chi connectivity index (χ0) is 4.50. The second-order valence-corrected chi connectivity index (χ2v) is 9.60. The van der Waals surface area contributed by atoms with E-state index in [4.69, 9.17) is 11.1 Å². The minimum atomic E-state index is -1.14. The molecule has 0 aromatic heterocycles. The molecule has 0 fully saturated rings. The Morgan fingerprint density at radius 2 is 1.17 bits per heavy atom. The Balaban J connectivity index is 0. The van der Waals surface area contributed by atoms with Gasteiger partial charge in [0, 0.05) is 0 Å². The van der Waals surface area contributed by atoms with E-state index in [1.807, 2.05) is 0 Å². The standard InChI is InChI=1S/C3H9ClSi.Na.H/c1-5(2,3)4;;/h1-3H3;;. The van der Waals surface area contributed by atoms with Crippen LogP contribution in [0.3, 0.4) is 0 Å². The Morgan fingerprint density at radius 1 is 1.17 bits per heavy atom. The van der Waals surface area contributed by atoms with Crippen molar-refractivity contribution in [3.63, 3.8) is 0 Å². The molecule has 0 aromatic rings. The molecular formula is C3H10ClNaSi. The predicted molar refractivity (Wildman–Crippen MR) is 36.3 cm³/mol. The van der Waals surface area contributed by atoms with Gasteiger partial charge in [0.2, 0.25) is 0 Å². The number of halogens is 1. The summed E-state index contributed by atoms with van der Waals surface area (Å²) in [6.07, 6.45) is 0. The van der Waals surface area contributed by atoms with Crippen LogP contribution in [0.4, 0.5) is 0 Å². The molecular weight excluding hydrogens is 123 g/mol. The molecule has 0 N–H and O–H groups in total. The van der Waals surface area contributed by atoms with Gasteiger partial charge in [-0.2, -0.15) is 11.1 Å². The molecule has 0 saturated carbocycles. The van der Waals surface area contributed by atoms with Crippen LogP contribution in [0.15, 0.2) is 0 Å². The van der Waals surface area contributed by atoms with Gasteiger partial charge in [0.1, 0.15) is 7.38 Å². The molecule has 0 radical (unpaired) electrons. The summed E-state index contributed by atoms with van der Waals surface area (Å²) < 4.78 is 0. The molecule has 0 heterocycles. The van der Waals surface area contributed by atoms with Gasteiger partial charge in [0.05, 0.1) is 0 Å². The van der Waals surface area contributed by atoms with E-state index in [-0.39, 0.29) is 29.6 Å². The van der Waals surface area contributed by atoms with E-state index < -0.39 is 7.38 Å². The van der Waals surface area contributed by atoms with Crippen LogP contribution >= 0.6 is 11.1 Å². The molecule has 0 nitrogen and oxygen atoms in total. The van der Waals surface area contributed by atoms with Gasteiger partial charge in [0.25, 0.3) is 0 Å². The third kappa shape index (κ3) is 49.3. The van der Waals surface area contributed by atoms with Gasteiger partial charge in [-0.3, -0.25) is 0 Å². The first-order valence-corrected chi connectivity index (χ1v) is 6.20. The van der Waals surface area contributed by atoms with Crippen molar-refractivity contribution in [1.29, 1.82) is 0 Å². The average molecular weight is 133 g/mol.